The maximum Gasteiger partial charge on any atom is 0.247 e. The molecule has 0 bridgehead atoms. The molecule has 0 spiro atoms. The summed E-state index contributed by atoms with van der Waals surface area (Å²) in [5.74, 6) is -4.11. The summed E-state index contributed by atoms with van der Waals surface area (Å²) in [5.41, 5.74) is 12.6. The van der Waals surface area contributed by atoms with Crippen molar-refractivity contribution in [2.75, 3.05) is 26.2 Å². The Bertz CT molecular complexity index is 1790. The molecule has 2 aromatic rings. The van der Waals surface area contributed by atoms with E-state index in [2.05, 4.69) is 41.9 Å². The van der Waals surface area contributed by atoms with Crippen molar-refractivity contribution in [3.63, 3.8) is 0 Å². The van der Waals surface area contributed by atoms with E-state index in [0.717, 1.165) is 48.6 Å². The van der Waals surface area contributed by atoms with Gasteiger partial charge in [0.15, 0.2) is 5.96 Å². The second-order valence-electron chi connectivity index (χ2n) is 14.9. The monoisotopic (exact) mass is 777 g/mol. The number of nitrogens with one attached hydrogen (secondary N) is 7. The zero-order valence-corrected chi connectivity index (χ0v) is 31.9. The summed E-state index contributed by atoms with van der Waals surface area (Å²) in [4.78, 5) is 104. The number of para-hydroxylation sites is 1. The van der Waals surface area contributed by atoms with Crippen LogP contribution in [0.2, 0.25) is 0 Å². The molecule has 1 saturated carbocycles. The van der Waals surface area contributed by atoms with Crippen LogP contribution in [0.1, 0.15) is 76.7 Å². The van der Waals surface area contributed by atoms with E-state index in [1.54, 1.807) is 6.20 Å². The zero-order valence-electron chi connectivity index (χ0n) is 31.9. The lowest BCUT2D eigenvalue weighted by molar-refractivity contribution is -0.142. The molecule has 3 heterocycles. The van der Waals surface area contributed by atoms with Gasteiger partial charge in [-0.15, -0.1) is 0 Å². The highest BCUT2D eigenvalue weighted by molar-refractivity contribution is 5.98. The normalized spacial score (nSPS) is 24.3. The van der Waals surface area contributed by atoms with E-state index in [9.17, 15) is 33.6 Å². The third-order valence-corrected chi connectivity index (χ3v) is 10.7. The number of H-pyrrole nitrogens is 1. The van der Waals surface area contributed by atoms with Crippen molar-refractivity contribution >= 4 is 58.2 Å². The number of hydrogen-bond donors (Lipinski definition) is 9. The highest BCUT2D eigenvalue weighted by atomic mass is 16.2. The molecule has 2 saturated heterocycles. The van der Waals surface area contributed by atoms with Crippen molar-refractivity contribution in [2.45, 2.75) is 108 Å². The van der Waals surface area contributed by atoms with E-state index in [1.807, 2.05) is 24.3 Å². The first-order valence-electron chi connectivity index (χ1n) is 19.5. The van der Waals surface area contributed by atoms with E-state index < -0.39 is 78.1 Å². The number of aromatic amines is 1. The van der Waals surface area contributed by atoms with Crippen LogP contribution in [0, 0.1) is 5.92 Å². The number of guanidine groups is 1. The highest BCUT2D eigenvalue weighted by Gasteiger charge is 2.40. The predicted octanol–water partition coefficient (Wildman–Crippen LogP) is -1.07. The van der Waals surface area contributed by atoms with Crippen LogP contribution < -0.4 is 43.4 Å². The number of nitrogens with two attached hydrogens (primary N) is 2. The molecule has 5 atom stereocenters. The van der Waals surface area contributed by atoms with Gasteiger partial charge in [0.05, 0.1) is 6.54 Å². The van der Waals surface area contributed by atoms with Gasteiger partial charge in [-0.25, -0.2) is 0 Å². The minimum absolute atomic E-state index is 0.0708. The predicted molar refractivity (Wildman–Crippen MR) is 207 cm³/mol. The molecular weight excluding hydrogens is 722 g/mol. The molecule has 3 aliphatic rings. The molecule has 304 valence electrons. The van der Waals surface area contributed by atoms with E-state index in [1.165, 1.54) is 11.8 Å². The summed E-state index contributed by atoms with van der Waals surface area (Å²) in [6.45, 7) is 0.812. The van der Waals surface area contributed by atoms with Gasteiger partial charge in [-0.1, -0.05) is 50.3 Å². The smallest absolute Gasteiger partial charge is 0.247 e. The van der Waals surface area contributed by atoms with Gasteiger partial charge >= 0.3 is 0 Å². The largest absolute Gasteiger partial charge is 0.370 e. The fourth-order valence-corrected chi connectivity index (χ4v) is 7.78. The molecule has 1 aliphatic carbocycles. The van der Waals surface area contributed by atoms with Crippen molar-refractivity contribution < 1.29 is 33.6 Å². The number of fused-ring (bicyclic) bond motifs is 2. The molecule has 7 amide bonds. The topological polar surface area (TPSA) is 275 Å². The molecule has 0 radical (unpaired) electrons. The van der Waals surface area contributed by atoms with Crippen LogP contribution in [0.3, 0.4) is 0 Å². The minimum atomic E-state index is -1.32. The number of amides is 7. The first kappa shape index (κ1) is 41.5. The Morgan fingerprint density at radius 3 is 2.34 bits per heavy atom. The van der Waals surface area contributed by atoms with Gasteiger partial charge in [0, 0.05) is 50.1 Å². The lowest BCUT2D eigenvalue weighted by Crippen LogP contribution is -2.62. The molecule has 56 heavy (non-hydrogen) atoms. The summed E-state index contributed by atoms with van der Waals surface area (Å²) >= 11 is 0. The molecule has 1 aromatic heterocycles. The van der Waals surface area contributed by atoms with Crippen LogP contribution in [-0.2, 0) is 40.0 Å². The number of nitrogens with zero attached hydrogens (tertiary/aromatic N) is 2. The van der Waals surface area contributed by atoms with E-state index in [4.69, 9.17) is 11.5 Å². The summed E-state index contributed by atoms with van der Waals surface area (Å²) < 4.78 is 0. The lowest BCUT2D eigenvalue weighted by atomic mass is 9.84. The first-order valence-corrected chi connectivity index (χ1v) is 19.5. The molecule has 2 unspecified atom stereocenters. The molecule has 18 nitrogen and oxygen atoms in total. The van der Waals surface area contributed by atoms with Gasteiger partial charge in [-0.3, -0.25) is 38.6 Å². The number of hydrogen-bond acceptors (Lipinski definition) is 8. The van der Waals surface area contributed by atoms with Crippen molar-refractivity contribution in [3.05, 3.63) is 36.0 Å². The van der Waals surface area contributed by atoms with Gasteiger partial charge in [-0.2, -0.15) is 0 Å². The van der Waals surface area contributed by atoms with Gasteiger partial charge in [-0.05, 0) is 49.7 Å². The second-order valence-corrected chi connectivity index (χ2v) is 14.9. The Morgan fingerprint density at radius 1 is 0.875 bits per heavy atom. The van der Waals surface area contributed by atoms with Crippen LogP contribution in [0.15, 0.2) is 35.5 Å². The third-order valence-electron chi connectivity index (χ3n) is 10.7. The van der Waals surface area contributed by atoms with Crippen LogP contribution >= 0.6 is 0 Å². The summed E-state index contributed by atoms with van der Waals surface area (Å²) in [7, 11) is 0. The number of carbonyl (C=O) groups is 7. The number of aromatic nitrogens is 1. The van der Waals surface area contributed by atoms with Crippen LogP contribution in [0.25, 0.3) is 10.9 Å². The van der Waals surface area contributed by atoms with E-state index in [0.29, 0.717) is 19.3 Å². The molecule has 11 N–H and O–H groups in total. The Kier molecular flexibility index (Phi) is 14.6. The number of rotatable bonds is 11. The van der Waals surface area contributed by atoms with Gasteiger partial charge in [0.1, 0.15) is 30.2 Å². The van der Waals surface area contributed by atoms with Crippen molar-refractivity contribution in [1.82, 2.24) is 41.8 Å². The standard InChI is InChI=1S/C38H55N11O7/c1-22(50)42-21-32(51)45-30-20-44-33(52)27(13-7-15-41-38(39)40)46-35(54)29(18-24-19-43-26-12-6-5-11-25(24)26)47-34(53)28(17-23-9-3-2-4-10-23)48-36(55)31-14-8-16-49(31)37(30)56/h5-6,11-12,19,23,27-31,43H,2-4,7-10,13-18,20-21H2,1H3,(H,42,50)(H,44,52)(H,45,51)(H,46,54)(H,47,53)(H,48,55)(H4,39,40,41)/t27-,28+,29-,30?,31?/m0/s1. The molecule has 2 aliphatic heterocycles. The molecular formula is C38H55N11O7. The fourth-order valence-electron chi connectivity index (χ4n) is 7.78. The second kappa shape index (κ2) is 19.8. The first-order chi connectivity index (χ1) is 26.9. The van der Waals surface area contributed by atoms with E-state index >= 15 is 0 Å². The van der Waals surface area contributed by atoms with Crippen LogP contribution in [0.4, 0.5) is 0 Å². The van der Waals surface area contributed by atoms with Gasteiger partial charge < -0.3 is 53.3 Å². The van der Waals surface area contributed by atoms with Crippen LogP contribution in [0.5, 0.6) is 0 Å². The van der Waals surface area contributed by atoms with Crippen molar-refractivity contribution in [3.8, 4) is 0 Å². The summed E-state index contributed by atoms with van der Waals surface area (Å²) in [6, 6.07) is 1.96. The Balaban J connectivity index is 1.50. The minimum Gasteiger partial charge on any atom is -0.370 e. The molecule has 5 rings (SSSR count). The Morgan fingerprint density at radius 2 is 1.59 bits per heavy atom. The van der Waals surface area contributed by atoms with E-state index in [-0.39, 0.29) is 50.8 Å². The molecule has 1 aromatic carbocycles. The number of benzene rings is 1. The third kappa shape index (κ3) is 11.4. The average Bonchev–Trinajstić information content (AvgIpc) is 3.84. The van der Waals surface area contributed by atoms with Crippen molar-refractivity contribution in [1.29, 1.82) is 0 Å². The van der Waals surface area contributed by atoms with Crippen LogP contribution in [-0.4, -0.2) is 114 Å². The maximum absolute atomic E-state index is 14.3. The Hall–Kier alpha value is -5.68. The molecule has 18 heteroatoms. The zero-order chi connectivity index (χ0) is 40.2. The maximum atomic E-state index is 14.3. The number of carbonyl (C=O) groups excluding carboxylic acids is 7. The molecule has 3 fully saturated rings. The van der Waals surface area contributed by atoms with Crippen molar-refractivity contribution in [2.24, 2.45) is 22.4 Å². The Labute approximate surface area is 325 Å². The van der Waals surface area contributed by atoms with Gasteiger partial charge in [0.2, 0.25) is 41.4 Å². The van der Waals surface area contributed by atoms with Gasteiger partial charge in [0.25, 0.3) is 0 Å². The summed E-state index contributed by atoms with van der Waals surface area (Å²) in [6.07, 6.45) is 8.26. The fraction of sp³-hybridized carbons (Fsp3) is 0.579. The number of aliphatic imine (C=N–C) groups is 1. The quantitative estimate of drug-likeness (QED) is 0.0763. The summed E-state index contributed by atoms with van der Waals surface area (Å²) in [5, 5.41) is 17.2. The average molecular weight is 778 g/mol. The highest BCUT2D eigenvalue weighted by Crippen LogP contribution is 2.28. The SMILES string of the molecule is CC(=O)NCC(=O)NC1CNC(=O)[C@H](CCCN=C(N)N)NC(=O)[C@H](Cc2c[nH]c3ccccc23)NC(=O)[C@@H](CC2CCCCC2)NC(=O)C2CCCN2C1=O. The lowest BCUT2D eigenvalue weighted by Gasteiger charge is -2.32.